The van der Waals surface area contributed by atoms with Gasteiger partial charge in [-0.2, -0.15) is 0 Å². The Hall–Kier alpha value is -2.81. The van der Waals surface area contributed by atoms with Gasteiger partial charge >= 0.3 is 5.97 Å². The Morgan fingerprint density at radius 1 is 1.36 bits per heavy atom. The number of nitrogens with zero attached hydrogens (tertiary/aromatic N) is 2. The van der Waals surface area contributed by atoms with Gasteiger partial charge in [-0.1, -0.05) is 23.4 Å². The maximum Gasteiger partial charge on any atom is 0.316 e. The molecule has 1 aliphatic rings. The zero-order valence-corrected chi connectivity index (χ0v) is 16.5. The van der Waals surface area contributed by atoms with Crippen molar-refractivity contribution in [2.75, 3.05) is 29.1 Å². The second-order valence-electron chi connectivity index (χ2n) is 6.35. The molecule has 2 amide bonds. The van der Waals surface area contributed by atoms with Gasteiger partial charge in [-0.25, -0.2) is 0 Å². The topological polar surface area (TPSA) is 102 Å². The van der Waals surface area contributed by atoms with Crippen LogP contribution in [0.25, 0.3) is 0 Å². The molecule has 0 fully saturated rings. The van der Waals surface area contributed by atoms with E-state index in [0.717, 1.165) is 29.4 Å². The smallest absolute Gasteiger partial charge is 0.316 e. The van der Waals surface area contributed by atoms with Crippen molar-refractivity contribution in [1.82, 2.24) is 5.16 Å². The summed E-state index contributed by atoms with van der Waals surface area (Å²) in [5, 5.41) is 5.80. The number of hydrogen-bond acceptors (Lipinski definition) is 7. The molecule has 0 saturated carbocycles. The summed E-state index contributed by atoms with van der Waals surface area (Å²) in [7, 11) is 0. The largest absolute Gasteiger partial charge is 0.455 e. The van der Waals surface area contributed by atoms with Crippen LogP contribution in [0.5, 0.6) is 0 Å². The molecular weight excluding hydrogens is 382 g/mol. The molecule has 148 valence electrons. The molecule has 2 heterocycles. The number of nitrogens with one attached hydrogen (secondary N) is 1. The second kappa shape index (κ2) is 8.92. The van der Waals surface area contributed by atoms with Crippen molar-refractivity contribution in [2.45, 2.75) is 25.5 Å². The van der Waals surface area contributed by atoms with Gasteiger partial charge in [-0.15, -0.1) is 11.8 Å². The van der Waals surface area contributed by atoms with E-state index in [1.54, 1.807) is 24.8 Å². The Morgan fingerprint density at radius 3 is 2.89 bits per heavy atom. The highest BCUT2D eigenvalue weighted by Crippen LogP contribution is 2.27. The van der Waals surface area contributed by atoms with Gasteiger partial charge in [-0.05, 0) is 31.9 Å². The molecule has 0 aliphatic carbocycles. The van der Waals surface area contributed by atoms with E-state index in [4.69, 9.17) is 9.26 Å². The van der Waals surface area contributed by atoms with Gasteiger partial charge in [0.1, 0.15) is 5.76 Å². The first-order chi connectivity index (χ1) is 13.4. The van der Waals surface area contributed by atoms with Gasteiger partial charge in [0.25, 0.3) is 5.91 Å². The fourth-order valence-corrected chi connectivity index (χ4v) is 3.46. The number of anilines is 2. The third-order valence-electron chi connectivity index (χ3n) is 4.24. The van der Waals surface area contributed by atoms with Crippen LogP contribution in [0.4, 0.5) is 11.5 Å². The van der Waals surface area contributed by atoms with Crippen LogP contribution < -0.4 is 10.2 Å². The zero-order chi connectivity index (χ0) is 20.1. The maximum absolute atomic E-state index is 12.3. The SMILES string of the molecule is Cc1cc(NC(=O)[C@@H](C)SCC(=O)OCC(=O)N2CCc3ccccc32)no1. The lowest BCUT2D eigenvalue weighted by Gasteiger charge is -2.17. The van der Waals surface area contributed by atoms with Gasteiger partial charge in [-0.3, -0.25) is 14.4 Å². The lowest BCUT2D eigenvalue weighted by Crippen LogP contribution is -2.33. The number of hydrogen-bond donors (Lipinski definition) is 1. The van der Waals surface area contributed by atoms with E-state index in [1.807, 2.05) is 24.3 Å². The van der Waals surface area contributed by atoms with Crippen molar-refractivity contribution in [1.29, 1.82) is 0 Å². The Balaban J connectivity index is 1.39. The molecule has 2 aromatic rings. The fraction of sp³-hybridized carbons (Fsp3) is 0.368. The van der Waals surface area contributed by atoms with Crippen molar-refractivity contribution in [2.24, 2.45) is 0 Å². The molecule has 1 aromatic heterocycles. The first-order valence-electron chi connectivity index (χ1n) is 8.83. The van der Waals surface area contributed by atoms with Crippen LogP contribution in [0.1, 0.15) is 18.2 Å². The van der Waals surface area contributed by atoms with Crippen LogP contribution in [-0.2, 0) is 25.5 Å². The third kappa shape index (κ3) is 4.92. The number of esters is 1. The standard InChI is InChI=1S/C19H21N3O5S/c1-12-9-16(21-27-12)20-19(25)13(2)28-11-18(24)26-10-17(23)22-8-7-14-5-3-4-6-15(14)22/h3-6,9,13H,7-8,10-11H2,1-2H3,(H,20,21,25)/t13-/m1/s1. The molecule has 1 aliphatic heterocycles. The van der Waals surface area contributed by atoms with E-state index in [2.05, 4.69) is 10.5 Å². The number of fused-ring (bicyclic) bond motifs is 1. The number of amides is 2. The van der Waals surface area contributed by atoms with E-state index in [1.165, 1.54) is 0 Å². The second-order valence-corrected chi connectivity index (χ2v) is 7.68. The predicted octanol–water partition coefficient (Wildman–Crippen LogP) is 2.18. The molecule has 1 aromatic carbocycles. The monoisotopic (exact) mass is 403 g/mol. The summed E-state index contributed by atoms with van der Waals surface area (Å²) in [6.07, 6.45) is 0.795. The number of ether oxygens (including phenoxy) is 1. The summed E-state index contributed by atoms with van der Waals surface area (Å²) in [4.78, 5) is 37.9. The number of carbonyl (C=O) groups excluding carboxylic acids is 3. The predicted molar refractivity (Wildman–Crippen MR) is 105 cm³/mol. The number of benzene rings is 1. The summed E-state index contributed by atoms with van der Waals surface area (Å²) in [6, 6.07) is 9.28. The van der Waals surface area contributed by atoms with Gasteiger partial charge < -0.3 is 19.5 Å². The number of carbonyl (C=O) groups is 3. The Labute approximate surface area is 166 Å². The fourth-order valence-electron chi connectivity index (χ4n) is 2.78. The quantitative estimate of drug-likeness (QED) is 0.707. The number of thioether (sulfide) groups is 1. The average molecular weight is 403 g/mol. The lowest BCUT2D eigenvalue weighted by molar-refractivity contribution is -0.145. The summed E-state index contributed by atoms with van der Waals surface area (Å²) in [5.41, 5.74) is 1.98. The molecule has 0 radical (unpaired) electrons. The van der Waals surface area contributed by atoms with E-state index in [9.17, 15) is 14.4 Å². The number of aryl methyl sites for hydroxylation is 1. The number of rotatable bonds is 7. The van der Waals surface area contributed by atoms with Crippen LogP contribution in [0.2, 0.25) is 0 Å². The van der Waals surface area contributed by atoms with Gasteiger partial charge in [0.15, 0.2) is 12.4 Å². The van der Waals surface area contributed by atoms with E-state index in [0.29, 0.717) is 18.1 Å². The molecule has 0 spiro atoms. The van der Waals surface area contributed by atoms with Gasteiger partial charge in [0.2, 0.25) is 5.91 Å². The zero-order valence-electron chi connectivity index (χ0n) is 15.6. The molecule has 0 saturated heterocycles. The van der Waals surface area contributed by atoms with Crippen LogP contribution in [0.3, 0.4) is 0 Å². The Bertz CT molecular complexity index is 882. The Kier molecular flexibility index (Phi) is 6.35. The molecule has 1 N–H and O–H groups in total. The molecule has 28 heavy (non-hydrogen) atoms. The van der Waals surface area contributed by atoms with Crippen molar-refractivity contribution in [3.8, 4) is 0 Å². The van der Waals surface area contributed by atoms with Crippen molar-refractivity contribution >= 4 is 41.1 Å². The number of aromatic nitrogens is 1. The molecule has 0 bridgehead atoms. The van der Waals surface area contributed by atoms with Crippen LogP contribution in [-0.4, -0.2) is 47.1 Å². The van der Waals surface area contributed by atoms with Gasteiger partial charge in [0, 0.05) is 18.3 Å². The molecular formula is C19H21N3O5S. The minimum absolute atomic E-state index is 0.0315. The van der Waals surface area contributed by atoms with Crippen LogP contribution in [0, 0.1) is 6.92 Å². The highest BCUT2D eigenvalue weighted by molar-refractivity contribution is 8.01. The van der Waals surface area contributed by atoms with E-state index < -0.39 is 11.2 Å². The van der Waals surface area contributed by atoms with Crippen LogP contribution in [0.15, 0.2) is 34.9 Å². The molecule has 8 nitrogen and oxygen atoms in total. The molecule has 9 heteroatoms. The van der Waals surface area contributed by atoms with E-state index >= 15 is 0 Å². The third-order valence-corrected chi connectivity index (χ3v) is 5.36. The first kappa shape index (κ1) is 19.9. The summed E-state index contributed by atoms with van der Waals surface area (Å²) < 4.78 is 9.95. The number of para-hydroxylation sites is 1. The summed E-state index contributed by atoms with van der Waals surface area (Å²) in [6.45, 7) is 3.67. The van der Waals surface area contributed by atoms with Crippen LogP contribution >= 0.6 is 11.8 Å². The minimum atomic E-state index is -0.539. The normalized spacial score (nSPS) is 13.7. The summed E-state index contributed by atoms with van der Waals surface area (Å²) >= 11 is 1.12. The average Bonchev–Trinajstić information content (AvgIpc) is 3.30. The van der Waals surface area contributed by atoms with Crippen molar-refractivity contribution in [3.05, 3.63) is 41.7 Å². The lowest BCUT2D eigenvalue weighted by atomic mass is 10.2. The first-order valence-corrected chi connectivity index (χ1v) is 9.88. The Morgan fingerprint density at radius 2 is 2.14 bits per heavy atom. The van der Waals surface area contributed by atoms with Crippen molar-refractivity contribution < 1.29 is 23.6 Å². The van der Waals surface area contributed by atoms with E-state index in [-0.39, 0.29) is 24.2 Å². The summed E-state index contributed by atoms with van der Waals surface area (Å²) in [5.74, 6) is -0.205. The highest BCUT2D eigenvalue weighted by Gasteiger charge is 2.25. The highest BCUT2D eigenvalue weighted by atomic mass is 32.2. The molecule has 3 rings (SSSR count). The van der Waals surface area contributed by atoms with Gasteiger partial charge in [0.05, 0.1) is 11.0 Å². The minimum Gasteiger partial charge on any atom is -0.455 e. The molecule has 1 atom stereocenters. The van der Waals surface area contributed by atoms with Crippen molar-refractivity contribution in [3.63, 3.8) is 0 Å². The maximum atomic E-state index is 12.3. The molecule has 0 unspecified atom stereocenters.